The van der Waals surface area contributed by atoms with Crippen molar-refractivity contribution in [3.8, 4) is 5.75 Å². The molecule has 0 unspecified atom stereocenters. The number of nitrogens with one attached hydrogen (secondary N) is 1. The second-order valence-electron chi connectivity index (χ2n) is 6.38. The summed E-state index contributed by atoms with van der Waals surface area (Å²) in [7, 11) is 0. The van der Waals surface area contributed by atoms with Crippen LogP contribution >= 0.6 is 15.9 Å². The number of ether oxygens (including phenoxy) is 1. The predicted octanol–water partition coefficient (Wildman–Crippen LogP) is 4.01. The summed E-state index contributed by atoms with van der Waals surface area (Å²) in [5.41, 5.74) is 1.46. The molecular formula is C21H25BrN2O3. The summed E-state index contributed by atoms with van der Waals surface area (Å²) in [5.74, 6) is 0.0290. The van der Waals surface area contributed by atoms with Crippen LogP contribution in [0.2, 0.25) is 0 Å². The summed E-state index contributed by atoms with van der Waals surface area (Å²) in [6.45, 7) is 6.75. The Kier molecular flexibility index (Phi) is 7.85. The average molecular weight is 433 g/mol. The molecule has 0 aliphatic rings. The van der Waals surface area contributed by atoms with Crippen molar-refractivity contribution >= 4 is 27.7 Å². The van der Waals surface area contributed by atoms with E-state index in [1.807, 2.05) is 51.1 Å². The van der Waals surface area contributed by atoms with Crippen LogP contribution in [-0.4, -0.2) is 35.9 Å². The monoisotopic (exact) mass is 432 g/mol. The van der Waals surface area contributed by atoms with Gasteiger partial charge >= 0.3 is 0 Å². The predicted molar refractivity (Wildman–Crippen MR) is 110 cm³/mol. The molecule has 0 atom stereocenters. The number of hydrogen-bond donors (Lipinski definition) is 1. The molecule has 0 saturated heterocycles. The lowest BCUT2D eigenvalue weighted by Crippen LogP contribution is -2.39. The van der Waals surface area contributed by atoms with Gasteiger partial charge in [0.2, 0.25) is 5.91 Å². The number of likely N-dealkylation sites (N-methyl/N-ethyl adjacent to an activating group) is 1. The van der Waals surface area contributed by atoms with Gasteiger partial charge < -0.3 is 15.0 Å². The van der Waals surface area contributed by atoms with Gasteiger partial charge in [0.1, 0.15) is 5.75 Å². The van der Waals surface area contributed by atoms with Gasteiger partial charge in [-0.2, -0.15) is 0 Å². The number of carbonyl (C=O) groups is 2. The molecule has 2 aromatic rings. The standard InChI is InChI=1S/C21H25BrN2O3/c1-4-24(14-16-8-6-5-7-9-16)20(25)13-23-21(26)18-11-10-17(22)12-19(18)27-15(2)3/h5-12,15H,4,13-14H2,1-3H3,(H,23,26). The molecule has 0 aliphatic carbocycles. The lowest BCUT2D eigenvalue weighted by Gasteiger charge is -2.21. The van der Waals surface area contributed by atoms with E-state index in [1.165, 1.54) is 0 Å². The first-order valence-electron chi connectivity index (χ1n) is 8.96. The maximum atomic E-state index is 12.6. The van der Waals surface area contributed by atoms with E-state index in [1.54, 1.807) is 23.1 Å². The van der Waals surface area contributed by atoms with E-state index in [9.17, 15) is 9.59 Å². The van der Waals surface area contributed by atoms with Crippen molar-refractivity contribution in [3.63, 3.8) is 0 Å². The molecule has 2 rings (SSSR count). The first-order valence-corrected chi connectivity index (χ1v) is 9.76. The Hall–Kier alpha value is -2.34. The minimum Gasteiger partial charge on any atom is -0.490 e. The molecule has 2 aromatic carbocycles. The van der Waals surface area contributed by atoms with Crippen LogP contribution in [0.25, 0.3) is 0 Å². The van der Waals surface area contributed by atoms with Gasteiger partial charge in [-0.25, -0.2) is 0 Å². The van der Waals surface area contributed by atoms with Gasteiger partial charge in [-0.15, -0.1) is 0 Å². The van der Waals surface area contributed by atoms with E-state index in [2.05, 4.69) is 21.2 Å². The summed E-state index contributed by atoms with van der Waals surface area (Å²) in [6, 6.07) is 15.0. The minimum atomic E-state index is -0.331. The van der Waals surface area contributed by atoms with Crippen LogP contribution in [0.15, 0.2) is 53.0 Å². The van der Waals surface area contributed by atoms with E-state index < -0.39 is 0 Å². The number of benzene rings is 2. The Balaban J connectivity index is 2.00. The lowest BCUT2D eigenvalue weighted by molar-refractivity contribution is -0.130. The molecule has 0 aromatic heterocycles. The summed E-state index contributed by atoms with van der Waals surface area (Å²) < 4.78 is 6.54. The molecule has 144 valence electrons. The van der Waals surface area contributed by atoms with Gasteiger partial charge in [-0.1, -0.05) is 46.3 Å². The second-order valence-corrected chi connectivity index (χ2v) is 7.30. The third kappa shape index (κ3) is 6.40. The molecule has 27 heavy (non-hydrogen) atoms. The highest BCUT2D eigenvalue weighted by molar-refractivity contribution is 9.10. The Bertz CT molecular complexity index is 778. The van der Waals surface area contributed by atoms with Crippen molar-refractivity contribution in [2.24, 2.45) is 0 Å². The van der Waals surface area contributed by atoms with Crippen molar-refractivity contribution in [2.45, 2.75) is 33.4 Å². The first-order chi connectivity index (χ1) is 12.9. The number of nitrogens with zero attached hydrogens (tertiary/aromatic N) is 1. The van der Waals surface area contributed by atoms with Crippen molar-refractivity contribution < 1.29 is 14.3 Å². The van der Waals surface area contributed by atoms with Crippen LogP contribution in [0.4, 0.5) is 0 Å². The average Bonchev–Trinajstić information content (AvgIpc) is 2.64. The molecular weight excluding hydrogens is 408 g/mol. The van der Waals surface area contributed by atoms with E-state index in [0.717, 1.165) is 10.0 Å². The number of amides is 2. The smallest absolute Gasteiger partial charge is 0.255 e. The molecule has 6 heteroatoms. The molecule has 0 bridgehead atoms. The van der Waals surface area contributed by atoms with Crippen molar-refractivity contribution in [2.75, 3.05) is 13.1 Å². The Morgan fingerprint density at radius 2 is 1.85 bits per heavy atom. The van der Waals surface area contributed by atoms with Crippen LogP contribution in [0.5, 0.6) is 5.75 Å². The third-order valence-electron chi connectivity index (χ3n) is 3.90. The van der Waals surface area contributed by atoms with Crippen LogP contribution in [0, 0.1) is 0 Å². The van der Waals surface area contributed by atoms with Crippen LogP contribution in [-0.2, 0) is 11.3 Å². The molecule has 0 spiro atoms. The topological polar surface area (TPSA) is 58.6 Å². The van der Waals surface area contributed by atoms with Crippen LogP contribution in [0.1, 0.15) is 36.7 Å². The third-order valence-corrected chi connectivity index (χ3v) is 4.40. The summed E-state index contributed by atoms with van der Waals surface area (Å²) in [5, 5.41) is 2.71. The molecule has 5 nitrogen and oxygen atoms in total. The zero-order chi connectivity index (χ0) is 19.8. The number of halogens is 1. The SMILES string of the molecule is CCN(Cc1ccccc1)C(=O)CNC(=O)c1ccc(Br)cc1OC(C)C. The summed E-state index contributed by atoms with van der Waals surface area (Å²) >= 11 is 3.39. The van der Waals surface area contributed by atoms with Gasteiger partial charge in [-0.05, 0) is 44.5 Å². The van der Waals surface area contributed by atoms with Gasteiger partial charge in [0, 0.05) is 17.6 Å². The van der Waals surface area contributed by atoms with Crippen LogP contribution < -0.4 is 10.1 Å². The normalized spacial score (nSPS) is 10.6. The largest absolute Gasteiger partial charge is 0.490 e. The summed E-state index contributed by atoms with van der Waals surface area (Å²) in [4.78, 5) is 26.8. The molecule has 0 fully saturated rings. The van der Waals surface area contributed by atoms with Crippen molar-refractivity contribution in [1.82, 2.24) is 10.2 Å². The van der Waals surface area contributed by atoms with Crippen LogP contribution in [0.3, 0.4) is 0 Å². The van der Waals surface area contributed by atoms with Gasteiger partial charge in [0.05, 0.1) is 18.2 Å². The Morgan fingerprint density at radius 1 is 1.15 bits per heavy atom. The van der Waals surface area contributed by atoms with E-state index in [4.69, 9.17) is 4.74 Å². The van der Waals surface area contributed by atoms with Crippen molar-refractivity contribution in [1.29, 1.82) is 0 Å². The van der Waals surface area contributed by atoms with Crippen molar-refractivity contribution in [3.05, 3.63) is 64.1 Å². The maximum absolute atomic E-state index is 12.6. The van der Waals surface area contributed by atoms with E-state index >= 15 is 0 Å². The number of hydrogen-bond acceptors (Lipinski definition) is 3. The Labute approximate surface area is 168 Å². The lowest BCUT2D eigenvalue weighted by atomic mass is 10.2. The molecule has 0 heterocycles. The maximum Gasteiger partial charge on any atom is 0.255 e. The van der Waals surface area contributed by atoms with E-state index in [-0.39, 0.29) is 24.5 Å². The second kappa shape index (κ2) is 10.1. The highest BCUT2D eigenvalue weighted by Crippen LogP contribution is 2.24. The highest BCUT2D eigenvalue weighted by Gasteiger charge is 2.17. The zero-order valence-corrected chi connectivity index (χ0v) is 17.5. The minimum absolute atomic E-state index is 0.0588. The van der Waals surface area contributed by atoms with Gasteiger partial charge in [0.15, 0.2) is 0 Å². The highest BCUT2D eigenvalue weighted by atomic mass is 79.9. The number of carbonyl (C=O) groups excluding carboxylic acids is 2. The molecule has 0 saturated carbocycles. The van der Waals surface area contributed by atoms with Gasteiger partial charge in [0.25, 0.3) is 5.91 Å². The zero-order valence-electron chi connectivity index (χ0n) is 15.9. The molecule has 2 amide bonds. The fraction of sp³-hybridized carbons (Fsp3) is 0.333. The first kappa shape index (κ1) is 21.0. The molecule has 0 aliphatic heterocycles. The quantitative estimate of drug-likeness (QED) is 0.685. The summed E-state index contributed by atoms with van der Waals surface area (Å²) in [6.07, 6.45) is -0.0612. The Morgan fingerprint density at radius 3 is 2.48 bits per heavy atom. The fourth-order valence-electron chi connectivity index (χ4n) is 2.58. The fourth-order valence-corrected chi connectivity index (χ4v) is 2.92. The van der Waals surface area contributed by atoms with Gasteiger partial charge in [-0.3, -0.25) is 9.59 Å². The van der Waals surface area contributed by atoms with E-state index in [0.29, 0.717) is 24.4 Å². The molecule has 1 N–H and O–H groups in total. The number of rotatable bonds is 8. The molecule has 0 radical (unpaired) electrons.